The van der Waals surface area contributed by atoms with Crippen LogP contribution in [0.3, 0.4) is 0 Å². The van der Waals surface area contributed by atoms with Crippen molar-refractivity contribution in [2.75, 3.05) is 13.7 Å². The lowest BCUT2D eigenvalue weighted by Gasteiger charge is -2.36. The molecule has 4 heteroatoms. The van der Waals surface area contributed by atoms with E-state index in [2.05, 4.69) is 51.8 Å². The highest BCUT2D eigenvalue weighted by atomic mass is 32.1. The predicted octanol–water partition coefficient (Wildman–Crippen LogP) is 3.34. The van der Waals surface area contributed by atoms with Crippen LogP contribution in [0.5, 0.6) is 0 Å². The summed E-state index contributed by atoms with van der Waals surface area (Å²) >= 11 is 1.80. The SMILES string of the molecule is CCOC(C(Cc1nc(C)c(C)s1)NC)C(C)(C)C. The highest BCUT2D eigenvalue weighted by Crippen LogP contribution is 2.28. The van der Waals surface area contributed by atoms with Gasteiger partial charge in [0, 0.05) is 23.9 Å². The molecule has 1 rings (SSSR count). The minimum absolute atomic E-state index is 0.116. The zero-order valence-electron chi connectivity index (χ0n) is 13.3. The van der Waals surface area contributed by atoms with Crippen LogP contribution in [0.2, 0.25) is 0 Å². The number of hydrogen-bond donors (Lipinski definition) is 1. The van der Waals surface area contributed by atoms with Gasteiger partial charge in [0.05, 0.1) is 16.8 Å². The van der Waals surface area contributed by atoms with Crippen LogP contribution in [0.25, 0.3) is 0 Å². The molecular weight excluding hydrogens is 256 g/mol. The van der Waals surface area contributed by atoms with Gasteiger partial charge in [0.15, 0.2) is 0 Å². The topological polar surface area (TPSA) is 34.1 Å². The van der Waals surface area contributed by atoms with Crippen molar-refractivity contribution in [1.29, 1.82) is 0 Å². The van der Waals surface area contributed by atoms with E-state index in [-0.39, 0.29) is 11.5 Å². The molecule has 0 bridgehead atoms. The van der Waals surface area contributed by atoms with Crippen molar-refractivity contribution >= 4 is 11.3 Å². The first-order valence-corrected chi connectivity index (χ1v) is 7.83. The monoisotopic (exact) mass is 284 g/mol. The van der Waals surface area contributed by atoms with Crippen molar-refractivity contribution in [3.05, 3.63) is 15.6 Å². The van der Waals surface area contributed by atoms with E-state index in [1.807, 2.05) is 7.05 Å². The van der Waals surface area contributed by atoms with Crippen LogP contribution in [0.4, 0.5) is 0 Å². The molecule has 3 nitrogen and oxygen atoms in total. The van der Waals surface area contributed by atoms with Crippen LogP contribution in [0.15, 0.2) is 0 Å². The Morgan fingerprint density at radius 1 is 1.32 bits per heavy atom. The minimum atomic E-state index is 0.116. The lowest BCUT2D eigenvalue weighted by atomic mass is 9.83. The summed E-state index contributed by atoms with van der Waals surface area (Å²) in [6.07, 6.45) is 1.12. The Morgan fingerprint density at radius 2 is 1.95 bits per heavy atom. The van der Waals surface area contributed by atoms with E-state index in [4.69, 9.17) is 4.74 Å². The van der Waals surface area contributed by atoms with Gasteiger partial charge >= 0.3 is 0 Å². The van der Waals surface area contributed by atoms with Crippen molar-refractivity contribution in [2.24, 2.45) is 5.41 Å². The molecule has 1 N–H and O–H groups in total. The number of nitrogens with one attached hydrogen (secondary N) is 1. The van der Waals surface area contributed by atoms with E-state index in [0.717, 1.165) is 18.7 Å². The van der Waals surface area contributed by atoms with E-state index in [9.17, 15) is 0 Å². The van der Waals surface area contributed by atoms with Crippen LogP contribution < -0.4 is 5.32 Å². The summed E-state index contributed by atoms with van der Waals surface area (Å²) in [5.41, 5.74) is 1.27. The van der Waals surface area contributed by atoms with Gasteiger partial charge < -0.3 is 10.1 Å². The van der Waals surface area contributed by atoms with Gasteiger partial charge in [0.1, 0.15) is 0 Å². The summed E-state index contributed by atoms with van der Waals surface area (Å²) in [6.45, 7) is 13.7. The molecule has 1 heterocycles. The first-order chi connectivity index (χ1) is 8.79. The molecule has 2 unspecified atom stereocenters. The first-order valence-electron chi connectivity index (χ1n) is 7.01. The normalized spacial score (nSPS) is 15.5. The van der Waals surface area contributed by atoms with Crippen molar-refractivity contribution in [3.8, 4) is 0 Å². The molecular formula is C15H28N2OS. The lowest BCUT2D eigenvalue weighted by molar-refractivity contribution is -0.0340. The number of likely N-dealkylation sites (N-methyl/N-ethyl adjacent to an activating group) is 1. The lowest BCUT2D eigenvalue weighted by Crippen LogP contribution is -2.48. The number of nitrogens with zero attached hydrogens (tertiary/aromatic N) is 1. The van der Waals surface area contributed by atoms with Gasteiger partial charge in [-0.25, -0.2) is 4.98 Å². The van der Waals surface area contributed by atoms with Gasteiger partial charge in [-0.05, 0) is 33.2 Å². The fourth-order valence-corrected chi connectivity index (χ4v) is 3.32. The van der Waals surface area contributed by atoms with Crippen LogP contribution in [-0.4, -0.2) is 30.8 Å². The first kappa shape index (κ1) is 16.6. The Kier molecular flexibility index (Phi) is 5.96. The third-order valence-corrected chi connectivity index (χ3v) is 4.50. The molecule has 0 aliphatic rings. The fraction of sp³-hybridized carbons (Fsp3) is 0.800. The second-order valence-electron chi connectivity index (χ2n) is 6.09. The van der Waals surface area contributed by atoms with Crippen molar-refractivity contribution in [1.82, 2.24) is 10.3 Å². The molecule has 0 fully saturated rings. The van der Waals surface area contributed by atoms with E-state index in [0.29, 0.717) is 6.04 Å². The largest absolute Gasteiger partial charge is 0.376 e. The van der Waals surface area contributed by atoms with Crippen molar-refractivity contribution in [2.45, 2.75) is 60.1 Å². The molecule has 0 aromatic carbocycles. The van der Waals surface area contributed by atoms with Crippen LogP contribution in [-0.2, 0) is 11.2 Å². The zero-order chi connectivity index (χ0) is 14.6. The van der Waals surface area contributed by atoms with E-state index in [1.54, 1.807) is 11.3 Å². The average Bonchev–Trinajstić information content (AvgIpc) is 2.61. The molecule has 0 amide bonds. The maximum Gasteiger partial charge on any atom is 0.0947 e. The Labute approximate surface area is 121 Å². The van der Waals surface area contributed by atoms with Gasteiger partial charge in [0.25, 0.3) is 0 Å². The third-order valence-electron chi connectivity index (χ3n) is 3.40. The number of thiazole rings is 1. The molecule has 2 atom stereocenters. The molecule has 0 saturated carbocycles. The summed E-state index contributed by atoms with van der Waals surface area (Å²) in [5, 5.41) is 4.61. The number of hydrogen-bond acceptors (Lipinski definition) is 4. The summed E-state index contributed by atoms with van der Waals surface area (Å²) in [5.74, 6) is 0. The Hall–Kier alpha value is -0.450. The average molecular weight is 284 g/mol. The predicted molar refractivity (Wildman–Crippen MR) is 83.0 cm³/mol. The molecule has 0 aliphatic carbocycles. The van der Waals surface area contributed by atoms with Gasteiger partial charge in [-0.1, -0.05) is 20.8 Å². The molecule has 0 radical (unpaired) electrons. The van der Waals surface area contributed by atoms with Gasteiger partial charge in [-0.15, -0.1) is 11.3 Å². The van der Waals surface area contributed by atoms with Crippen molar-refractivity contribution < 1.29 is 4.74 Å². The van der Waals surface area contributed by atoms with Crippen LogP contribution in [0.1, 0.15) is 43.3 Å². The fourth-order valence-electron chi connectivity index (χ4n) is 2.32. The highest BCUT2D eigenvalue weighted by molar-refractivity contribution is 7.11. The van der Waals surface area contributed by atoms with Gasteiger partial charge in [-0.2, -0.15) is 0 Å². The quantitative estimate of drug-likeness (QED) is 0.870. The van der Waals surface area contributed by atoms with Crippen LogP contribution in [0, 0.1) is 19.3 Å². The molecule has 110 valence electrons. The standard InChI is InChI=1S/C15H28N2OS/c1-8-18-14(15(4,5)6)12(16-7)9-13-17-10(2)11(3)19-13/h12,14,16H,8-9H2,1-7H3. The van der Waals surface area contributed by atoms with E-state index >= 15 is 0 Å². The smallest absolute Gasteiger partial charge is 0.0947 e. The van der Waals surface area contributed by atoms with Gasteiger partial charge in [0.2, 0.25) is 0 Å². The summed E-state index contributed by atoms with van der Waals surface area (Å²) in [4.78, 5) is 5.96. The van der Waals surface area contributed by atoms with Crippen LogP contribution >= 0.6 is 11.3 Å². The second-order valence-corrected chi connectivity index (χ2v) is 7.38. The number of aryl methyl sites for hydroxylation is 2. The number of rotatable bonds is 6. The maximum absolute atomic E-state index is 5.98. The van der Waals surface area contributed by atoms with E-state index in [1.165, 1.54) is 9.88 Å². The Balaban J connectivity index is 2.85. The summed E-state index contributed by atoms with van der Waals surface area (Å²) in [6, 6.07) is 0.296. The maximum atomic E-state index is 5.98. The number of aromatic nitrogens is 1. The highest BCUT2D eigenvalue weighted by Gasteiger charge is 2.32. The zero-order valence-corrected chi connectivity index (χ0v) is 14.1. The molecule has 0 aliphatic heterocycles. The summed E-state index contributed by atoms with van der Waals surface area (Å²) in [7, 11) is 2.01. The molecule has 0 saturated heterocycles. The minimum Gasteiger partial charge on any atom is -0.376 e. The van der Waals surface area contributed by atoms with Gasteiger partial charge in [-0.3, -0.25) is 0 Å². The van der Waals surface area contributed by atoms with Crippen molar-refractivity contribution in [3.63, 3.8) is 0 Å². The number of ether oxygens (including phenoxy) is 1. The van der Waals surface area contributed by atoms with E-state index < -0.39 is 0 Å². The molecule has 0 spiro atoms. The summed E-state index contributed by atoms with van der Waals surface area (Å²) < 4.78 is 5.98. The molecule has 1 aromatic rings. The molecule has 19 heavy (non-hydrogen) atoms. The molecule has 1 aromatic heterocycles. The second kappa shape index (κ2) is 6.82. The third kappa shape index (κ3) is 4.55. The Morgan fingerprint density at radius 3 is 2.32 bits per heavy atom. The Bertz CT molecular complexity index is 376.